The molecule has 86 valence electrons. The quantitative estimate of drug-likeness (QED) is 0.772. The standard InChI is InChI=1S/C10H18N2O2S/c1-3-13-5-8(2)14-6-9-7-15-10(4-11)12-9/h7-8H,3-6,11H2,1-2H3. The lowest BCUT2D eigenvalue weighted by molar-refractivity contribution is -0.0126. The molecule has 0 aromatic carbocycles. The van der Waals surface area contributed by atoms with Gasteiger partial charge in [0.2, 0.25) is 0 Å². The summed E-state index contributed by atoms with van der Waals surface area (Å²) in [6.45, 7) is 6.35. The number of ether oxygens (including phenoxy) is 2. The first-order chi connectivity index (χ1) is 7.26. The van der Waals surface area contributed by atoms with Gasteiger partial charge < -0.3 is 15.2 Å². The Morgan fingerprint density at radius 3 is 3.00 bits per heavy atom. The van der Waals surface area contributed by atoms with Crippen LogP contribution in [-0.2, 0) is 22.6 Å². The van der Waals surface area contributed by atoms with Crippen molar-refractivity contribution >= 4 is 11.3 Å². The highest BCUT2D eigenvalue weighted by Crippen LogP contribution is 2.10. The summed E-state index contributed by atoms with van der Waals surface area (Å²) in [4.78, 5) is 4.31. The van der Waals surface area contributed by atoms with Crippen LogP contribution in [0.15, 0.2) is 5.38 Å². The van der Waals surface area contributed by atoms with Gasteiger partial charge in [-0.2, -0.15) is 0 Å². The van der Waals surface area contributed by atoms with Crippen molar-refractivity contribution in [1.29, 1.82) is 0 Å². The van der Waals surface area contributed by atoms with E-state index in [1.165, 1.54) is 0 Å². The zero-order valence-corrected chi connectivity index (χ0v) is 10.0. The minimum Gasteiger partial charge on any atom is -0.379 e. The van der Waals surface area contributed by atoms with Gasteiger partial charge in [0.1, 0.15) is 5.01 Å². The van der Waals surface area contributed by atoms with Gasteiger partial charge in [-0.15, -0.1) is 11.3 Å². The number of thiazole rings is 1. The van der Waals surface area contributed by atoms with Crippen molar-refractivity contribution in [3.05, 3.63) is 16.1 Å². The SMILES string of the molecule is CCOCC(C)OCc1csc(CN)n1. The van der Waals surface area contributed by atoms with Crippen molar-refractivity contribution in [1.82, 2.24) is 4.98 Å². The van der Waals surface area contributed by atoms with E-state index in [9.17, 15) is 0 Å². The largest absolute Gasteiger partial charge is 0.379 e. The number of hydrogen-bond donors (Lipinski definition) is 1. The molecule has 4 nitrogen and oxygen atoms in total. The Morgan fingerprint density at radius 2 is 2.40 bits per heavy atom. The lowest BCUT2D eigenvalue weighted by Crippen LogP contribution is -2.15. The third-order valence-electron chi connectivity index (χ3n) is 1.85. The average molecular weight is 230 g/mol. The van der Waals surface area contributed by atoms with Gasteiger partial charge in [0.05, 0.1) is 25.0 Å². The van der Waals surface area contributed by atoms with E-state index >= 15 is 0 Å². The Labute approximate surface area is 94.4 Å². The summed E-state index contributed by atoms with van der Waals surface area (Å²) in [6, 6.07) is 0. The zero-order valence-electron chi connectivity index (χ0n) is 9.23. The number of nitrogens with two attached hydrogens (primary N) is 1. The van der Waals surface area contributed by atoms with Gasteiger partial charge >= 0.3 is 0 Å². The summed E-state index contributed by atoms with van der Waals surface area (Å²) in [6.07, 6.45) is 0.105. The van der Waals surface area contributed by atoms with Gasteiger partial charge in [-0.05, 0) is 13.8 Å². The van der Waals surface area contributed by atoms with Crippen LogP contribution in [0.1, 0.15) is 24.5 Å². The van der Waals surface area contributed by atoms with Gasteiger partial charge in [-0.25, -0.2) is 4.98 Å². The van der Waals surface area contributed by atoms with Gasteiger partial charge in [-0.1, -0.05) is 0 Å². The summed E-state index contributed by atoms with van der Waals surface area (Å²) < 4.78 is 10.8. The molecule has 5 heteroatoms. The smallest absolute Gasteiger partial charge is 0.107 e. The van der Waals surface area contributed by atoms with Crippen LogP contribution in [0.5, 0.6) is 0 Å². The Kier molecular flexibility index (Phi) is 5.78. The topological polar surface area (TPSA) is 57.4 Å². The molecule has 0 spiro atoms. The minimum absolute atomic E-state index is 0.105. The van der Waals surface area contributed by atoms with Crippen LogP contribution >= 0.6 is 11.3 Å². The minimum atomic E-state index is 0.105. The van der Waals surface area contributed by atoms with Crippen molar-refractivity contribution in [2.75, 3.05) is 13.2 Å². The van der Waals surface area contributed by atoms with Crippen molar-refractivity contribution in [2.45, 2.75) is 33.1 Å². The van der Waals surface area contributed by atoms with Crippen LogP contribution in [0.2, 0.25) is 0 Å². The molecule has 0 aliphatic rings. The fraction of sp³-hybridized carbons (Fsp3) is 0.700. The Balaban J connectivity index is 2.24. The van der Waals surface area contributed by atoms with Crippen molar-refractivity contribution in [3.63, 3.8) is 0 Å². The second-order valence-electron chi connectivity index (χ2n) is 3.22. The second-order valence-corrected chi connectivity index (χ2v) is 4.16. The summed E-state index contributed by atoms with van der Waals surface area (Å²) >= 11 is 1.57. The third kappa shape index (κ3) is 4.70. The molecule has 0 radical (unpaired) electrons. The number of rotatable bonds is 7. The van der Waals surface area contributed by atoms with E-state index in [1.54, 1.807) is 11.3 Å². The van der Waals surface area contributed by atoms with E-state index in [4.69, 9.17) is 15.2 Å². The highest BCUT2D eigenvalue weighted by Gasteiger charge is 2.05. The van der Waals surface area contributed by atoms with E-state index in [0.29, 0.717) is 19.8 Å². The van der Waals surface area contributed by atoms with Gasteiger partial charge in [0, 0.05) is 18.5 Å². The molecule has 2 N–H and O–H groups in total. The molecule has 0 aliphatic carbocycles. The van der Waals surface area contributed by atoms with Crippen molar-refractivity contribution in [3.8, 4) is 0 Å². The summed E-state index contributed by atoms with van der Waals surface area (Å²) in [5.41, 5.74) is 6.42. The van der Waals surface area contributed by atoms with Crippen LogP contribution in [0.3, 0.4) is 0 Å². The summed E-state index contributed by atoms with van der Waals surface area (Å²) in [5.74, 6) is 0. The second kappa shape index (κ2) is 6.90. The van der Waals surface area contributed by atoms with Gasteiger partial charge in [0.25, 0.3) is 0 Å². The molecule has 15 heavy (non-hydrogen) atoms. The maximum atomic E-state index is 5.57. The predicted molar refractivity (Wildman–Crippen MR) is 60.7 cm³/mol. The van der Waals surface area contributed by atoms with Crippen molar-refractivity contribution < 1.29 is 9.47 Å². The molecule has 0 amide bonds. The van der Waals surface area contributed by atoms with Crippen LogP contribution in [0.4, 0.5) is 0 Å². The van der Waals surface area contributed by atoms with Crippen LogP contribution in [0, 0.1) is 0 Å². The summed E-state index contributed by atoms with van der Waals surface area (Å²) in [5, 5.41) is 2.93. The molecule has 0 aliphatic heterocycles. The molecule has 1 rings (SSSR count). The number of aromatic nitrogens is 1. The highest BCUT2D eigenvalue weighted by atomic mass is 32.1. The predicted octanol–water partition coefficient (Wildman–Crippen LogP) is 1.54. The lowest BCUT2D eigenvalue weighted by Gasteiger charge is -2.11. The highest BCUT2D eigenvalue weighted by molar-refractivity contribution is 7.09. The zero-order chi connectivity index (χ0) is 11.1. The Bertz CT molecular complexity index is 278. The molecular weight excluding hydrogens is 212 g/mol. The first-order valence-corrected chi connectivity index (χ1v) is 5.97. The van der Waals surface area contributed by atoms with E-state index in [2.05, 4.69) is 4.98 Å². The van der Waals surface area contributed by atoms with Crippen LogP contribution in [-0.4, -0.2) is 24.3 Å². The molecule has 0 saturated carbocycles. The summed E-state index contributed by atoms with van der Waals surface area (Å²) in [7, 11) is 0. The van der Waals surface area contributed by atoms with Gasteiger partial charge in [-0.3, -0.25) is 0 Å². The average Bonchev–Trinajstić information content (AvgIpc) is 2.71. The molecule has 0 saturated heterocycles. The Morgan fingerprint density at radius 1 is 1.60 bits per heavy atom. The molecule has 0 fully saturated rings. The molecule has 0 bridgehead atoms. The first kappa shape index (κ1) is 12.6. The van der Waals surface area contributed by atoms with E-state index in [1.807, 2.05) is 19.2 Å². The third-order valence-corrected chi connectivity index (χ3v) is 2.77. The van der Waals surface area contributed by atoms with E-state index in [-0.39, 0.29) is 6.10 Å². The molecule has 1 aromatic heterocycles. The molecular formula is C10H18N2O2S. The number of hydrogen-bond acceptors (Lipinski definition) is 5. The maximum Gasteiger partial charge on any atom is 0.107 e. The van der Waals surface area contributed by atoms with Gasteiger partial charge in [0.15, 0.2) is 0 Å². The van der Waals surface area contributed by atoms with Crippen molar-refractivity contribution in [2.24, 2.45) is 5.73 Å². The molecule has 1 aromatic rings. The fourth-order valence-corrected chi connectivity index (χ4v) is 1.73. The maximum absolute atomic E-state index is 5.57. The van der Waals surface area contributed by atoms with E-state index < -0.39 is 0 Å². The Hall–Kier alpha value is -0.490. The first-order valence-electron chi connectivity index (χ1n) is 5.09. The molecule has 1 heterocycles. The molecule has 1 atom stereocenters. The molecule has 1 unspecified atom stereocenters. The fourth-order valence-electron chi connectivity index (χ4n) is 1.07. The van der Waals surface area contributed by atoms with E-state index in [0.717, 1.165) is 17.3 Å². The lowest BCUT2D eigenvalue weighted by atomic mass is 10.4. The number of nitrogens with zero attached hydrogens (tertiary/aromatic N) is 1. The van der Waals surface area contributed by atoms with Crippen LogP contribution in [0.25, 0.3) is 0 Å². The van der Waals surface area contributed by atoms with Crippen LogP contribution < -0.4 is 5.73 Å². The normalized spacial score (nSPS) is 13.0. The monoisotopic (exact) mass is 230 g/mol.